The lowest BCUT2D eigenvalue weighted by atomic mass is 10.2. The summed E-state index contributed by atoms with van der Waals surface area (Å²) in [5, 5.41) is -0.142. The molecule has 2 aromatic rings. The Labute approximate surface area is 156 Å². The highest BCUT2D eigenvalue weighted by molar-refractivity contribution is 7.92. The van der Waals surface area contributed by atoms with Gasteiger partial charge in [0.05, 0.1) is 10.1 Å². The Morgan fingerprint density at radius 3 is 2.58 bits per heavy atom. The van der Waals surface area contributed by atoms with Gasteiger partial charge >= 0.3 is 0 Å². The van der Waals surface area contributed by atoms with E-state index in [9.17, 15) is 13.2 Å². The number of nitrogens with zero attached hydrogens (tertiary/aromatic N) is 1. The van der Waals surface area contributed by atoms with Gasteiger partial charge in [-0.05, 0) is 48.9 Å². The van der Waals surface area contributed by atoms with Crippen molar-refractivity contribution in [3.05, 3.63) is 53.1 Å². The molecule has 1 fully saturated rings. The highest BCUT2D eigenvalue weighted by atomic mass is 35.5. The first-order valence-corrected chi connectivity index (χ1v) is 10.1. The minimum atomic E-state index is -3.51. The zero-order valence-corrected chi connectivity index (χ0v) is 15.3. The van der Waals surface area contributed by atoms with Crippen LogP contribution in [0.4, 0.5) is 0 Å². The fourth-order valence-electron chi connectivity index (χ4n) is 3.19. The van der Waals surface area contributed by atoms with E-state index in [4.69, 9.17) is 21.1 Å². The third-order valence-electron chi connectivity index (χ3n) is 4.63. The van der Waals surface area contributed by atoms with Crippen LogP contribution in [0.2, 0.25) is 5.02 Å². The molecule has 1 atom stereocenters. The number of benzene rings is 2. The minimum Gasteiger partial charge on any atom is -0.454 e. The summed E-state index contributed by atoms with van der Waals surface area (Å²) in [5.41, 5.74) is 0.457. The monoisotopic (exact) mass is 393 g/mol. The summed E-state index contributed by atoms with van der Waals surface area (Å²) < 4.78 is 36.1. The average Bonchev–Trinajstić information content (AvgIpc) is 3.30. The smallest absolute Gasteiger partial charge is 0.254 e. The second-order valence-electron chi connectivity index (χ2n) is 6.23. The van der Waals surface area contributed by atoms with Crippen LogP contribution < -0.4 is 9.47 Å². The Balaban J connectivity index is 1.51. The first-order chi connectivity index (χ1) is 12.4. The first-order valence-electron chi connectivity index (χ1n) is 8.13. The average molecular weight is 394 g/mol. The molecule has 0 radical (unpaired) electrons. The van der Waals surface area contributed by atoms with E-state index in [1.54, 1.807) is 35.2 Å². The molecule has 0 aromatic heterocycles. The van der Waals surface area contributed by atoms with E-state index >= 15 is 0 Å². The van der Waals surface area contributed by atoms with Crippen molar-refractivity contribution in [3.63, 3.8) is 0 Å². The number of hydrogen-bond acceptors (Lipinski definition) is 5. The molecular weight excluding hydrogens is 378 g/mol. The fourth-order valence-corrected chi connectivity index (χ4v) is 5.01. The van der Waals surface area contributed by atoms with E-state index in [1.807, 2.05) is 0 Å². The van der Waals surface area contributed by atoms with Gasteiger partial charge in [0.1, 0.15) is 0 Å². The van der Waals surface area contributed by atoms with Crippen molar-refractivity contribution in [1.29, 1.82) is 0 Å². The Morgan fingerprint density at radius 2 is 1.81 bits per heavy atom. The molecule has 0 saturated carbocycles. The summed E-state index contributed by atoms with van der Waals surface area (Å²) in [6.45, 7) is 0.696. The van der Waals surface area contributed by atoms with E-state index in [1.165, 1.54) is 12.1 Å². The Hall–Kier alpha value is -2.25. The molecule has 2 aliphatic rings. The largest absolute Gasteiger partial charge is 0.454 e. The highest BCUT2D eigenvalue weighted by Gasteiger charge is 2.36. The molecule has 1 saturated heterocycles. The van der Waals surface area contributed by atoms with E-state index < -0.39 is 15.1 Å². The maximum atomic E-state index is 12.8. The number of hydrogen-bond donors (Lipinski definition) is 0. The van der Waals surface area contributed by atoms with E-state index in [0.717, 1.165) is 0 Å². The molecule has 2 aromatic carbocycles. The SMILES string of the molecule is O=C(c1ccc2c(c1)OCO2)N1CCC(S(=O)(=O)c2ccc(Cl)cc2)C1. The lowest BCUT2D eigenvalue weighted by Gasteiger charge is -2.17. The lowest BCUT2D eigenvalue weighted by molar-refractivity contribution is 0.0792. The maximum absolute atomic E-state index is 12.8. The Morgan fingerprint density at radius 1 is 1.08 bits per heavy atom. The number of fused-ring (bicyclic) bond motifs is 1. The van der Waals surface area contributed by atoms with Crippen LogP contribution in [0.5, 0.6) is 11.5 Å². The third kappa shape index (κ3) is 3.01. The first kappa shape index (κ1) is 17.2. The molecule has 2 aliphatic heterocycles. The maximum Gasteiger partial charge on any atom is 0.254 e. The quantitative estimate of drug-likeness (QED) is 0.801. The molecule has 0 bridgehead atoms. The number of carbonyl (C=O) groups is 1. The van der Waals surface area contributed by atoms with Crippen LogP contribution in [0.15, 0.2) is 47.4 Å². The van der Waals surface area contributed by atoms with Crippen LogP contribution in [0.3, 0.4) is 0 Å². The molecule has 0 spiro atoms. The van der Waals surface area contributed by atoms with Crippen LogP contribution in [-0.2, 0) is 9.84 Å². The zero-order chi connectivity index (χ0) is 18.3. The second kappa shape index (κ2) is 6.48. The van der Waals surface area contributed by atoms with Gasteiger partial charge in [-0.2, -0.15) is 0 Å². The molecule has 1 unspecified atom stereocenters. The lowest BCUT2D eigenvalue weighted by Crippen LogP contribution is -2.31. The number of rotatable bonds is 3. The number of amides is 1. The van der Waals surface area contributed by atoms with Gasteiger partial charge in [-0.15, -0.1) is 0 Å². The second-order valence-corrected chi connectivity index (χ2v) is 8.89. The molecular formula is C18H16ClNO5S. The van der Waals surface area contributed by atoms with Crippen molar-refractivity contribution in [2.24, 2.45) is 0 Å². The van der Waals surface area contributed by atoms with Crippen molar-refractivity contribution in [2.75, 3.05) is 19.9 Å². The molecule has 26 heavy (non-hydrogen) atoms. The summed E-state index contributed by atoms with van der Waals surface area (Å²) in [6.07, 6.45) is 0.404. The molecule has 8 heteroatoms. The summed E-state index contributed by atoms with van der Waals surface area (Å²) in [5.74, 6) is 0.920. The third-order valence-corrected chi connectivity index (χ3v) is 7.08. The van der Waals surface area contributed by atoms with Gasteiger partial charge in [0, 0.05) is 23.7 Å². The normalized spacial score (nSPS) is 19.0. The van der Waals surface area contributed by atoms with Crippen molar-refractivity contribution >= 4 is 27.3 Å². The van der Waals surface area contributed by atoms with Crippen molar-refractivity contribution < 1.29 is 22.7 Å². The predicted octanol–water partition coefficient (Wildman–Crippen LogP) is 2.76. The van der Waals surface area contributed by atoms with Crippen LogP contribution in [0.25, 0.3) is 0 Å². The standard InChI is InChI=1S/C18H16ClNO5S/c19-13-2-4-14(5-3-13)26(22,23)15-7-8-20(10-15)18(21)12-1-6-16-17(9-12)25-11-24-16/h1-6,9,15H,7-8,10-11H2. The molecule has 6 nitrogen and oxygen atoms in total. The number of sulfone groups is 1. The fraction of sp³-hybridized carbons (Fsp3) is 0.278. The van der Waals surface area contributed by atoms with E-state index in [0.29, 0.717) is 35.1 Å². The van der Waals surface area contributed by atoms with Gasteiger partial charge in [-0.3, -0.25) is 4.79 Å². The predicted molar refractivity (Wildman–Crippen MR) is 95.5 cm³/mol. The van der Waals surface area contributed by atoms with Crippen LogP contribution in [0, 0.1) is 0 Å². The highest BCUT2D eigenvalue weighted by Crippen LogP contribution is 2.33. The molecule has 0 aliphatic carbocycles. The number of likely N-dealkylation sites (tertiary alicyclic amines) is 1. The number of halogens is 1. The number of ether oxygens (including phenoxy) is 2. The molecule has 2 heterocycles. The minimum absolute atomic E-state index is 0.137. The van der Waals surface area contributed by atoms with Crippen LogP contribution in [0.1, 0.15) is 16.8 Å². The topological polar surface area (TPSA) is 72.9 Å². The van der Waals surface area contributed by atoms with Gasteiger partial charge in [-0.1, -0.05) is 11.6 Å². The number of carbonyl (C=O) groups excluding carboxylic acids is 1. The zero-order valence-electron chi connectivity index (χ0n) is 13.7. The van der Waals surface area contributed by atoms with Crippen LogP contribution in [-0.4, -0.2) is 44.4 Å². The summed E-state index contributed by atoms with van der Waals surface area (Å²) in [6, 6.07) is 11.1. The Bertz CT molecular complexity index is 958. The Kier molecular flexibility index (Phi) is 4.28. The summed E-state index contributed by atoms with van der Waals surface area (Å²) in [4.78, 5) is 14.5. The van der Waals surface area contributed by atoms with Gasteiger partial charge in [0.2, 0.25) is 6.79 Å². The summed E-state index contributed by atoms with van der Waals surface area (Å²) >= 11 is 5.83. The van der Waals surface area contributed by atoms with Gasteiger partial charge in [-0.25, -0.2) is 8.42 Å². The van der Waals surface area contributed by atoms with Gasteiger partial charge in [0.25, 0.3) is 5.91 Å². The van der Waals surface area contributed by atoms with Crippen molar-refractivity contribution in [2.45, 2.75) is 16.6 Å². The van der Waals surface area contributed by atoms with Crippen molar-refractivity contribution in [3.8, 4) is 11.5 Å². The molecule has 136 valence electrons. The van der Waals surface area contributed by atoms with E-state index in [-0.39, 0.29) is 24.1 Å². The van der Waals surface area contributed by atoms with Crippen molar-refractivity contribution in [1.82, 2.24) is 4.90 Å². The van der Waals surface area contributed by atoms with Gasteiger partial charge < -0.3 is 14.4 Å². The summed E-state index contributed by atoms with van der Waals surface area (Å²) in [7, 11) is -3.51. The molecule has 0 N–H and O–H groups in total. The molecule has 1 amide bonds. The molecule has 4 rings (SSSR count). The van der Waals surface area contributed by atoms with Gasteiger partial charge in [0.15, 0.2) is 21.3 Å². The van der Waals surface area contributed by atoms with Crippen LogP contribution >= 0.6 is 11.6 Å². The van der Waals surface area contributed by atoms with E-state index in [2.05, 4.69) is 0 Å².